The number of hydrogen-bond donors (Lipinski definition) is 1. The summed E-state index contributed by atoms with van der Waals surface area (Å²) in [6.07, 6.45) is 1.74. The molecule has 0 radical (unpaired) electrons. The zero-order chi connectivity index (χ0) is 22.5. The van der Waals surface area contributed by atoms with E-state index in [1.54, 1.807) is 12.3 Å². The molecule has 5 nitrogen and oxygen atoms in total. The van der Waals surface area contributed by atoms with Crippen LogP contribution in [0.25, 0.3) is 10.9 Å². The summed E-state index contributed by atoms with van der Waals surface area (Å²) in [6, 6.07) is 18.3. The first-order chi connectivity index (χ1) is 15.5. The van der Waals surface area contributed by atoms with Gasteiger partial charge < -0.3 is 14.6 Å². The zero-order valence-electron chi connectivity index (χ0n) is 18.9. The molecule has 1 aliphatic heterocycles. The van der Waals surface area contributed by atoms with E-state index >= 15 is 0 Å². The van der Waals surface area contributed by atoms with Crippen molar-refractivity contribution in [3.8, 4) is 0 Å². The molecule has 1 atom stereocenters. The summed E-state index contributed by atoms with van der Waals surface area (Å²) in [5, 5.41) is 4.29. The van der Waals surface area contributed by atoms with Crippen molar-refractivity contribution in [1.82, 2.24) is 14.9 Å². The number of hydrogen-bond acceptors (Lipinski definition) is 4. The topological polar surface area (TPSA) is 56.2 Å². The van der Waals surface area contributed by atoms with E-state index in [0.29, 0.717) is 11.3 Å². The van der Waals surface area contributed by atoms with Crippen LogP contribution < -0.4 is 5.32 Å². The average Bonchev–Trinajstić information content (AvgIpc) is 3.25. The fraction of sp³-hybridized carbons (Fsp3) is 0.259. The summed E-state index contributed by atoms with van der Waals surface area (Å²) < 4.78 is 8.67. The van der Waals surface area contributed by atoms with Crippen LogP contribution in [0.3, 0.4) is 0 Å². The molecule has 1 unspecified atom stereocenters. The fourth-order valence-electron chi connectivity index (χ4n) is 5.30. The number of para-hydroxylation sites is 1. The Morgan fingerprint density at radius 3 is 2.66 bits per heavy atom. The molecule has 0 amide bonds. The highest BCUT2D eigenvalue weighted by molar-refractivity contribution is 5.98. The van der Waals surface area contributed by atoms with Crippen LogP contribution in [0.4, 0.5) is 0 Å². The molecule has 1 aliphatic rings. The molecular weight excluding hydrogens is 398 g/mol. The van der Waals surface area contributed by atoms with E-state index in [1.165, 1.54) is 5.56 Å². The number of ether oxygens (including phenoxy) is 1. The second kappa shape index (κ2) is 7.61. The van der Waals surface area contributed by atoms with Crippen molar-refractivity contribution in [3.05, 3.63) is 100.0 Å². The molecule has 0 bridgehead atoms. The molecule has 3 heterocycles. The third-order valence-corrected chi connectivity index (χ3v) is 6.56. The van der Waals surface area contributed by atoms with Gasteiger partial charge in [-0.1, -0.05) is 36.4 Å². The van der Waals surface area contributed by atoms with Crippen molar-refractivity contribution in [2.24, 2.45) is 0 Å². The van der Waals surface area contributed by atoms with Crippen molar-refractivity contribution < 1.29 is 9.53 Å². The third kappa shape index (κ3) is 2.74. The minimum atomic E-state index is -1.10. The lowest BCUT2D eigenvalue weighted by Crippen LogP contribution is -2.32. The minimum absolute atomic E-state index is 0.334. The Morgan fingerprint density at radius 1 is 1.09 bits per heavy atom. The van der Waals surface area contributed by atoms with Crippen LogP contribution in [-0.2, 0) is 23.4 Å². The van der Waals surface area contributed by atoms with Crippen LogP contribution in [0.2, 0.25) is 0 Å². The molecule has 0 aliphatic carbocycles. The number of carbonyl (C=O) groups is 1. The third-order valence-electron chi connectivity index (χ3n) is 6.56. The Morgan fingerprint density at radius 2 is 1.91 bits per heavy atom. The van der Waals surface area contributed by atoms with Gasteiger partial charge in [0.1, 0.15) is 5.69 Å². The summed E-state index contributed by atoms with van der Waals surface area (Å²) in [5.41, 5.74) is 6.50. The second-order valence-electron chi connectivity index (χ2n) is 8.37. The number of aryl methyl sites for hydroxylation is 2. The number of esters is 1. The number of carbonyl (C=O) groups excluding carboxylic acids is 1. The van der Waals surface area contributed by atoms with Gasteiger partial charge in [-0.2, -0.15) is 0 Å². The molecule has 0 saturated heterocycles. The number of nitrogens with one attached hydrogen (secondary N) is 1. The molecule has 4 aromatic rings. The SMILES string of the molecule is CCn1c(C)c(C2(c3ccc(CNC)cc3C)OC(=O)c3cccnc32)c2ccccc21. The largest absolute Gasteiger partial charge is 0.439 e. The lowest BCUT2D eigenvalue weighted by Gasteiger charge is -2.31. The highest BCUT2D eigenvalue weighted by atomic mass is 16.6. The predicted octanol–water partition coefficient (Wildman–Crippen LogP) is 4.85. The van der Waals surface area contributed by atoms with Crippen molar-refractivity contribution in [2.45, 2.75) is 39.5 Å². The summed E-state index contributed by atoms with van der Waals surface area (Å²) >= 11 is 0. The first-order valence-corrected chi connectivity index (χ1v) is 11.0. The molecule has 5 heteroatoms. The van der Waals surface area contributed by atoms with Crippen molar-refractivity contribution in [1.29, 1.82) is 0 Å². The van der Waals surface area contributed by atoms with Crippen molar-refractivity contribution >= 4 is 16.9 Å². The molecular formula is C27H27N3O2. The second-order valence-corrected chi connectivity index (χ2v) is 8.37. The van der Waals surface area contributed by atoms with Gasteiger partial charge in [0.25, 0.3) is 0 Å². The monoisotopic (exact) mass is 425 g/mol. The van der Waals surface area contributed by atoms with Crippen LogP contribution in [0.15, 0.2) is 60.8 Å². The first kappa shape index (κ1) is 20.5. The van der Waals surface area contributed by atoms with Crippen LogP contribution in [0.1, 0.15) is 50.9 Å². The normalized spacial score (nSPS) is 17.6. The van der Waals surface area contributed by atoms with Gasteiger partial charge >= 0.3 is 5.97 Å². The van der Waals surface area contributed by atoms with Gasteiger partial charge in [-0.05, 0) is 57.1 Å². The molecule has 2 aromatic carbocycles. The van der Waals surface area contributed by atoms with Gasteiger partial charge in [0.05, 0.1) is 5.56 Å². The molecule has 5 rings (SSSR count). The molecule has 0 spiro atoms. The van der Waals surface area contributed by atoms with Gasteiger partial charge in [-0.3, -0.25) is 4.98 Å². The summed E-state index contributed by atoms with van der Waals surface area (Å²) in [5.74, 6) is -0.334. The molecule has 2 aromatic heterocycles. The molecule has 0 fully saturated rings. The Hall–Kier alpha value is -3.44. The Labute approximate surface area is 188 Å². The molecule has 162 valence electrons. The Balaban J connectivity index is 1.91. The number of fused-ring (bicyclic) bond motifs is 2. The Kier molecular flexibility index (Phi) is 4.86. The number of rotatable bonds is 5. The van der Waals surface area contributed by atoms with Gasteiger partial charge in [0.15, 0.2) is 0 Å². The van der Waals surface area contributed by atoms with Gasteiger partial charge in [-0.15, -0.1) is 0 Å². The minimum Gasteiger partial charge on any atom is -0.439 e. The van der Waals surface area contributed by atoms with E-state index in [9.17, 15) is 4.79 Å². The fourth-order valence-corrected chi connectivity index (χ4v) is 5.30. The smallest absolute Gasteiger partial charge is 0.341 e. The average molecular weight is 426 g/mol. The van der Waals surface area contributed by atoms with Crippen LogP contribution in [0, 0.1) is 13.8 Å². The van der Waals surface area contributed by atoms with Crippen LogP contribution in [0.5, 0.6) is 0 Å². The summed E-state index contributed by atoms with van der Waals surface area (Å²) in [6.45, 7) is 7.93. The van der Waals surface area contributed by atoms with Crippen LogP contribution in [-0.4, -0.2) is 22.6 Å². The molecule has 0 saturated carbocycles. The quantitative estimate of drug-likeness (QED) is 0.464. The number of nitrogens with zero attached hydrogens (tertiary/aromatic N) is 2. The van der Waals surface area contributed by atoms with E-state index in [1.807, 2.05) is 19.2 Å². The van der Waals surface area contributed by atoms with Crippen molar-refractivity contribution in [2.75, 3.05) is 7.05 Å². The lowest BCUT2D eigenvalue weighted by molar-refractivity contribution is 0.0244. The highest BCUT2D eigenvalue weighted by Gasteiger charge is 2.53. The number of cyclic esters (lactones) is 1. The van der Waals surface area contributed by atoms with E-state index in [2.05, 4.69) is 67.1 Å². The summed E-state index contributed by atoms with van der Waals surface area (Å²) in [7, 11) is 1.94. The molecule has 32 heavy (non-hydrogen) atoms. The summed E-state index contributed by atoms with van der Waals surface area (Å²) in [4.78, 5) is 17.9. The standard InChI is InChI=1S/C27H27N3O2/c1-5-30-18(3)24(20-9-6-7-11-23(20)30)27(22-13-12-19(16-28-4)15-17(22)2)25-21(26(31)32-27)10-8-14-29-25/h6-15,28H,5,16H2,1-4H3. The molecule has 1 N–H and O–H groups in total. The maximum atomic E-state index is 13.2. The zero-order valence-corrected chi connectivity index (χ0v) is 18.9. The van der Waals surface area contributed by atoms with E-state index in [4.69, 9.17) is 9.72 Å². The van der Waals surface area contributed by atoms with E-state index < -0.39 is 5.60 Å². The van der Waals surface area contributed by atoms with Crippen molar-refractivity contribution in [3.63, 3.8) is 0 Å². The number of pyridine rings is 1. The van der Waals surface area contributed by atoms with Gasteiger partial charge in [0, 0.05) is 47.0 Å². The van der Waals surface area contributed by atoms with Crippen LogP contribution >= 0.6 is 0 Å². The Bertz CT molecular complexity index is 1350. The maximum absolute atomic E-state index is 13.2. The van der Waals surface area contributed by atoms with Gasteiger partial charge in [-0.25, -0.2) is 4.79 Å². The first-order valence-electron chi connectivity index (χ1n) is 11.0. The lowest BCUT2D eigenvalue weighted by atomic mass is 9.79. The number of benzene rings is 2. The van der Waals surface area contributed by atoms with E-state index in [0.717, 1.165) is 46.4 Å². The maximum Gasteiger partial charge on any atom is 0.341 e. The van der Waals surface area contributed by atoms with E-state index in [-0.39, 0.29) is 5.97 Å². The highest BCUT2D eigenvalue weighted by Crippen LogP contribution is 2.50. The predicted molar refractivity (Wildman–Crippen MR) is 126 cm³/mol. The number of aromatic nitrogens is 2. The van der Waals surface area contributed by atoms with Gasteiger partial charge in [0.2, 0.25) is 5.60 Å².